The number of benzene rings is 4. The third-order valence-corrected chi connectivity index (χ3v) is 8.72. The van der Waals surface area contributed by atoms with E-state index in [1.165, 1.54) is 15.9 Å². The van der Waals surface area contributed by atoms with Gasteiger partial charge in [-0.25, -0.2) is 0 Å². The van der Waals surface area contributed by atoms with Gasteiger partial charge in [0.2, 0.25) is 0 Å². The van der Waals surface area contributed by atoms with E-state index in [0.717, 1.165) is 10.6 Å². The Morgan fingerprint density at radius 1 is 0.536 bits per heavy atom. The molecule has 138 valence electrons. The van der Waals surface area contributed by atoms with E-state index in [0.29, 0.717) is 6.54 Å². The Morgan fingerprint density at radius 3 is 1.32 bits per heavy atom. The van der Waals surface area contributed by atoms with E-state index in [1.54, 1.807) is 0 Å². The number of rotatable bonds is 5. The molecule has 1 nitrogen and oxygen atoms in total. The molecule has 0 radical (unpaired) electrons. The molecule has 0 amide bonds. The average Bonchev–Trinajstić information content (AvgIpc) is 2.78. The van der Waals surface area contributed by atoms with Crippen molar-refractivity contribution in [1.82, 2.24) is 0 Å². The van der Waals surface area contributed by atoms with Crippen LogP contribution in [-0.4, -0.2) is 0 Å². The lowest BCUT2D eigenvalue weighted by Crippen LogP contribution is -2.25. The highest BCUT2D eigenvalue weighted by molar-refractivity contribution is 7.87. The van der Waals surface area contributed by atoms with Gasteiger partial charge in [-0.05, 0) is 17.7 Å². The fourth-order valence-electron chi connectivity index (χ4n) is 3.40. The molecule has 4 aromatic rings. The maximum absolute atomic E-state index is 6.07. The topological polar surface area (TPSA) is 12.4 Å². The van der Waals surface area contributed by atoms with Crippen LogP contribution in [0.4, 0.5) is 0 Å². The summed E-state index contributed by atoms with van der Waals surface area (Å²) in [6.45, 7) is 0.642. The molecule has 0 N–H and O–H groups in total. The zero-order valence-electron chi connectivity index (χ0n) is 15.4. The molecule has 4 rings (SSSR count). The number of halogens is 1. The molecule has 0 aromatic heterocycles. The molecule has 0 unspecified atom stereocenters. The molecule has 28 heavy (non-hydrogen) atoms. The van der Waals surface area contributed by atoms with Gasteiger partial charge < -0.3 is 0 Å². The summed E-state index contributed by atoms with van der Waals surface area (Å²) in [5, 5.41) is 4.54. The van der Waals surface area contributed by atoms with Crippen molar-refractivity contribution in [1.29, 1.82) is 0 Å². The molecule has 0 saturated carbocycles. The van der Waals surface area contributed by atoms with Crippen molar-refractivity contribution in [2.45, 2.75) is 6.54 Å². The van der Waals surface area contributed by atoms with Gasteiger partial charge in [-0.1, -0.05) is 115 Å². The summed E-state index contributed by atoms with van der Waals surface area (Å²) in [4.78, 5) is 0. The van der Waals surface area contributed by atoms with E-state index in [1.807, 2.05) is 12.1 Å². The van der Waals surface area contributed by atoms with Crippen molar-refractivity contribution < 1.29 is 0 Å². The molecular formula is C25H21ClNP. The third kappa shape index (κ3) is 3.83. The fraction of sp³-hybridized carbons (Fsp3) is 0.0400. The van der Waals surface area contributed by atoms with E-state index < -0.39 is 7.05 Å². The predicted octanol–water partition coefficient (Wildman–Crippen LogP) is 6.02. The van der Waals surface area contributed by atoms with E-state index in [-0.39, 0.29) is 0 Å². The van der Waals surface area contributed by atoms with Crippen LogP contribution in [0.2, 0.25) is 5.02 Å². The van der Waals surface area contributed by atoms with Crippen LogP contribution in [0.5, 0.6) is 0 Å². The maximum atomic E-state index is 6.07. The molecule has 4 aromatic carbocycles. The van der Waals surface area contributed by atoms with Gasteiger partial charge in [0, 0.05) is 20.9 Å². The van der Waals surface area contributed by atoms with Crippen LogP contribution in [0.1, 0.15) is 5.56 Å². The average molecular weight is 402 g/mol. The second-order valence-corrected chi connectivity index (χ2v) is 10.1. The highest BCUT2D eigenvalue weighted by Gasteiger charge is 2.26. The summed E-state index contributed by atoms with van der Waals surface area (Å²) in [7, 11) is -2.14. The minimum atomic E-state index is -2.14. The van der Waals surface area contributed by atoms with Crippen LogP contribution in [0.25, 0.3) is 0 Å². The molecule has 0 aliphatic heterocycles. The van der Waals surface area contributed by atoms with Gasteiger partial charge in [0.1, 0.15) is 0 Å². The lowest BCUT2D eigenvalue weighted by Gasteiger charge is -2.27. The van der Waals surface area contributed by atoms with E-state index in [9.17, 15) is 0 Å². The zero-order chi connectivity index (χ0) is 19.2. The maximum Gasteiger partial charge on any atom is 0.0636 e. The van der Waals surface area contributed by atoms with Crippen LogP contribution in [0.15, 0.2) is 120 Å². The van der Waals surface area contributed by atoms with Gasteiger partial charge in [-0.15, -0.1) is 0 Å². The van der Waals surface area contributed by atoms with Gasteiger partial charge in [0.25, 0.3) is 0 Å². The molecule has 0 atom stereocenters. The highest BCUT2D eigenvalue weighted by atomic mass is 35.5. The first-order chi connectivity index (χ1) is 13.8. The number of hydrogen-bond acceptors (Lipinski definition) is 1. The molecule has 0 bridgehead atoms. The minimum Gasteiger partial charge on any atom is -0.285 e. The smallest absolute Gasteiger partial charge is 0.0636 e. The van der Waals surface area contributed by atoms with Gasteiger partial charge in [0.15, 0.2) is 0 Å². The molecular weight excluding hydrogens is 381 g/mol. The lowest BCUT2D eigenvalue weighted by atomic mass is 10.2. The Bertz CT molecular complexity index is 972. The third-order valence-electron chi connectivity index (χ3n) is 4.77. The van der Waals surface area contributed by atoms with Gasteiger partial charge in [-0.2, -0.15) is 0 Å². The molecule has 0 aliphatic carbocycles. The van der Waals surface area contributed by atoms with Crippen molar-refractivity contribution in [2.75, 3.05) is 0 Å². The van der Waals surface area contributed by atoms with Crippen LogP contribution >= 0.6 is 18.7 Å². The van der Waals surface area contributed by atoms with Crippen LogP contribution in [0.3, 0.4) is 0 Å². The van der Waals surface area contributed by atoms with Gasteiger partial charge in [-0.3, -0.25) is 4.74 Å². The molecule has 0 aliphatic rings. The zero-order valence-corrected chi connectivity index (χ0v) is 17.1. The van der Waals surface area contributed by atoms with E-state index >= 15 is 0 Å². The summed E-state index contributed by atoms with van der Waals surface area (Å²) in [5.74, 6) is 0. The van der Waals surface area contributed by atoms with E-state index in [2.05, 4.69) is 103 Å². The van der Waals surface area contributed by atoms with Crippen molar-refractivity contribution >= 4 is 34.6 Å². The van der Waals surface area contributed by atoms with E-state index in [4.69, 9.17) is 16.3 Å². The van der Waals surface area contributed by atoms with Gasteiger partial charge >= 0.3 is 0 Å². The molecule has 0 spiro atoms. The Hall–Kier alpha value is -2.60. The molecule has 0 fully saturated rings. The summed E-state index contributed by atoms with van der Waals surface area (Å²) in [6, 6.07) is 40.0. The van der Waals surface area contributed by atoms with Gasteiger partial charge in [0.05, 0.1) is 13.6 Å². The first kappa shape index (κ1) is 18.7. The summed E-state index contributed by atoms with van der Waals surface area (Å²) in [6.07, 6.45) is 0. The first-order valence-electron chi connectivity index (χ1n) is 9.28. The van der Waals surface area contributed by atoms with Crippen molar-refractivity contribution in [2.24, 2.45) is 4.74 Å². The molecule has 3 heteroatoms. The number of nitrogens with zero attached hydrogens (tertiary/aromatic N) is 1. The second-order valence-electron chi connectivity index (χ2n) is 6.57. The summed E-state index contributed by atoms with van der Waals surface area (Å²) < 4.78 is 5.43. The van der Waals surface area contributed by atoms with Crippen LogP contribution in [0, 0.1) is 0 Å². The van der Waals surface area contributed by atoms with Crippen LogP contribution < -0.4 is 15.9 Å². The van der Waals surface area contributed by atoms with Crippen molar-refractivity contribution in [3.05, 3.63) is 126 Å². The largest absolute Gasteiger partial charge is 0.285 e. The highest BCUT2D eigenvalue weighted by Crippen LogP contribution is 2.46. The minimum absolute atomic E-state index is 0.642. The molecule has 0 saturated heterocycles. The SMILES string of the molecule is Clc1ccc(CN=P(c2ccccc2)(c2ccccc2)c2ccccc2)cc1. The van der Waals surface area contributed by atoms with Crippen molar-refractivity contribution in [3.63, 3.8) is 0 Å². The Morgan fingerprint density at radius 2 is 0.929 bits per heavy atom. The standard InChI is InChI=1S/C25H21ClNP/c26-22-18-16-21(17-19-22)20-27-28(23-10-4-1-5-11-23,24-12-6-2-7-13-24)25-14-8-3-9-15-25/h1-19H,20H2. The van der Waals surface area contributed by atoms with Crippen LogP contribution in [-0.2, 0) is 6.54 Å². The monoisotopic (exact) mass is 401 g/mol. The fourth-order valence-corrected chi connectivity index (χ4v) is 7.10. The lowest BCUT2D eigenvalue weighted by molar-refractivity contribution is 1.09. The quantitative estimate of drug-likeness (QED) is 0.363. The summed E-state index contributed by atoms with van der Waals surface area (Å²) >= 11 is 6.07. The molecule has 0 heterocycles. The Balaban J connectivity index is 1.98. The summed E-state index contributed by atoms with van der Waals surface area (Å²) in [5.41, 5.74) is 1.16. The normalized spacial score (nSPS) is 11.2. The Labute approximate surface area is 171 Å². The first-order valence-corrected chi connectivity index (χ1v) is 11.4. The second kappa shape index (κ2) is 8.61. The predicted molar refractivity (Wildman–Crippen MR) is 123 cm³/mol. The Kier molecular flexibility index (Phi) is 5.76. The number of hydrogen-bond donors (Lipinski definition) is 0. The van der Waals surface area contributed by atoms with Crippen molar-refractivity contribution in [3.8, 4) is 0 Å².